The van der Waals surface area contributed by atoms with Gasteiger partial charge in [0, 0.05) is 26.4 Å². The number of hydrogen-bond acceptors (Lipinski definition) is 5. The van der Waals surface area contributed by atoms with Crippen molar-refractivity contribution in [2.45, 2.75) is 40.5 Å². The van der Waals surface area contributed by atoms with Gasteiger partial charge in [-0.15, -0.1) is 0 Å². The Labute approximate surface area is 112 Å². The first kappa shape index (κ1) is 18.0. The quantitative estimate of drug-likeness (QED) is 0.383. The maximum atomic E-state index is 5.68. The summed E-state index contributed by atoms with van der Waals surface area (Å²) in [5.74, 6) is 0. The molecular weight excluding hydrogens is 252 g/mol. The molecule has 0 spiro atoms. The number of rotatable bonds is 13. The molecule has 5 nitrogen and oxygen atoms in total. The summed E-state index contributed by atoms with van der Waals surface area (Å²) in [7, 11) is -2.94. The van der Waals surface area contributed by atoms with E-state index in [1.165, 1.54) is 0 Å². The molecule has 0 aliphatic rings. The highest BCUT2D eigenvalue weighted by Crippen LogP contribution is 2.11. The lowest BCUT2D eigenvalue weighted by molar-refractivity contribution is -0.0393. The SMILES string of the molecule is CCCCOCCO[Si](OCC)(OCC)OCC. The Kier molecular flexibility index (Phi) is 12.1. The average molecular weight is 280 g/mol. The predicted molar refractivity (Wildman–Crippen MR) is 72.3 cm³/mol. The zero-order valence-corrected chi connectivity index (χ0v) is 13.2. The van der Waals surface area contributed by atoms with Gasteiger partial charge in [-0.25, -0.2) is 0 Å². The molecule has 0 bridgehead atoms. The molecule has 0 aromatic carbocycles. The first-order chi connectivity index (χ1) is 8.74. The van der Waals surface area contributed by atoms with Crippen LogP contribution in [0.25, 0.3) is 0 Å². The van der Waals surface area contributed by atoms with Crippen LogP contribution in [0.1, 0.15) is 40.5 Å². The summed E-state index contributed by atoms with van der Waals surface area (Å²) in [6, 6.07) is 0. The first-order valence-corrected chi connectivity index (χ1v) is 8.51. The molecule has 0 N–H and O–H groups in total. The third kappa shape index (κ3) is 8.18. The van der Waals surface area contributed by atoms with Crippen LogP contribution in [-0.2, 0) is 22.4 Å². The molecule has 0 aromatic rings. The third-order valence-electron chi connectivity index (χ3n) is 2.11. The molecule has 18 heavy (non-hydrogen) atoms. The molecule has 0 aliphatic heterocycles. The molecule has 0 aromatic heterocycles. The minimum absolute atomic E-state index is 0.440. The summed E-state index contributed by atoms with van der Waals surface area (Å²) in [5, 5.41) is 0. The molecule has 0 saturated carbocycles. The molecule has 0 rings (SSSR count). The van der Waals surface area contributed by atoms with Crippen LogP contribution in [0.5, 0.6) is 0 Å². The Bertz CT molecular complexity index is 163. The van der Waals surface area contributed by atoms with E-state index in [4.69, 9.17) is 22.4 Å². The molecule has 0 amide bonds. The fourth-order valence-electron chi connectivity index (χ4n) is 1.35. The summed E-state index contributed by atoms with van der Waals surface area (Å²) in [4.78, 5) is 0. The van der Waals surface area contributed by atoms with Crippen molar-refractivity contribution in [1.29, 1.82) is 0 Å². The topological polar surface area (TPSA) is 46.2 Å². The largest absolute Gasteiger partial charge is 0.679 e. The molecule has 0 radical (unpaired) electrons. The van der Waals surface area contributed by atoms with Gasteiger partial charge < -0.3 is 22.4 Å². The van der Waals surface area contributed by atoms with Gasteiger partial charge in [0.2, 0.25) is 0 Å². The molecular formula is C12H28O5Si. The monoisotopic (exact) mass is 280 g/mol. The van der Waals surface area contributed by atoms with Crippen molar-refractivity contribution in [3.8, 4) is 0 Å². The molecule has 0 unspecified atom stereocenters. The number of unbranched alkanes of at least 4 members (excludes halogenated alkanes) is 1. The molecule has 0 aliphatic carbocycles. The van der Waals surface area contributed by atoms with E-state index in [-0.39, 0.29) is 0 Å². The van der Waals surface area contributed by atoms with E-state index in [1.807, 2.05) is 20.8 Å². The summed E-state index contributed by atoms with van der Waals surface area (Å²) < 4.78 is 27.8. The Balaban J connectivity index is 3.97. The van der Waals surface area contributed by atoms with Crippen LogP contribution in [0, 0.1) is 0 Å². The zero-order valence-electron chi connectivity index (χ0n) is 12.2. The Hall–Kier alpha value is 0.0169. The van der Waals surface area contributed by atoms with Gasteiger partial charge in [-0.1, -0.05) is 13.3 Å². The Morgan fingerprint density at radius 2 is 1.22 bits per heavy atom. The van der Waals surface area contributed by atoms with E-state index in [0.717, 1.165) is 19.4 Å². The predicted octanol–water partition coefficient (Wildman–Crippen LogP) is 2.36. The van der Waals surface area contributed by atoms with Gasteiger partial charge in [0.1, 0.15) is 0 Å². The second-order valence-electron chi connectivity index (χ2n) is 3.61. The molecule has 0 saturated heterocycles. The van der Waals surface area contributed by atoms with Crippen molar-refractivity contribution in [2.24, 2.45) is 0 Å². The maximum absolute atomic E-state index is 5.68. The second-order valence-corrected chi connectivity index (χ2v) is 5.77. The average Bonchev–Trinajstić information content (AvgIpc) is 2.35. The summed E-state index contributed by atoms with van der Waals surface area (Å²) in [6.07, 6.45) is 2.21. The van der Waals surface area contributed by atoms with Gasteiger partial charge in [-0.2, -0.15) is 0 Å². The summed E-state index contributed by atoms with van der Waals surface area (Å²) in [5.41, 5.74) is 0. The van der Waals surface area contributed by atoms with Crippen LogP contribution in [0.2, 0.25) is 0 Å². The minimum Gasteiger partial charge on any atom is -0.379 e. The van der Waals surface area contributed by atoms with Crippen molar-refractivity contribution in [2.75, 3.05) is 39.6 Å². The fourth-order valence-corrected chi connectivity index (χ4v) is 3.25. The Morgan fingerprint density at radius 1 is 0.667 bits per heavy atom. The molecule has 0 heterocycles. The van der Waals surface area contributed by atoms with Gasteiger partial charge >= 0.3 is 9.05 Å². The van der Waals surface area contributed by atoms with Crippen LogP contribution in [0.3, 0.4) is 0 Å². The Morgan fingerprint density at radius 3 is 1.67 bits per heavy atom. The standard InChI is InChI=1S/C12H28O5Si/c1-5-9-10-13-11-12-17-18(14-6-2,15-7-3)16-8-4/h5-12H2,1-4H3. The maximum Gasteiger partial charge on any atom is 0.679 e. The zero-order chi connectivity index (χ0) is 13.7. The molecule has 0 atom stereocenters. The second kappa shape index (κ2) is 12.1. The van der Waals surface area contributed by atoms with Crippen LogP contribution in [0.15, 0.2) is 0 Å². The van der Waals surface area contributed by atoms with E-state index >= 15 is 0 Å². The highest BCUT2D eigenvalue weighted by molar-refractivity contribution is 6.53. The van der Waals surface area contributed by atoms with Gasteiger partial charge in [0.25, 0.3) is 0 Å². The van der Waals surface area contributed by atoms with Crippen LogP contribution >= 0.6 is 0 Å². The van der Waals surface area contributed by atoms with Crippen LogP contribution < -0.4 is 0 Å². The fraction of sp³-hybridized carbons (Fsp3) is 1.00. The lowest BCUT2D eigenvalue weighted by Crippen LogP contribution is -2.49. The van der Waals surface area contributed by atoms with E-state index in [0.29, 0.717) is 33.0 Å². The molecule has 0 fully saturated rings. The highest BCUT2D eigenvalue weighted by Gasteiger charge is 2.44. The summed E-state index contributed by atoms with van der Waals surface area (Å²) >= 11 is 0. The van der Waals surface area contributed by atoms with E-state index < -0.39 is 9.05 Å². The van der Waals surface area contributed by atoms with Crippen molar-refractivity contribution >= 4 is 9.05 Å². The first-order valence-electron chi connectivity index (χ1n) is 6.88. The molecule has 6 heteroatoms. The molecule has 110 valence electrons. The van der Waals surface area contributed by atoms with Crippen molar-refractivity contribution in [1.82, 2.24) is 0 Å². The lowest BCUT2D eigenvalue weighted by atomic mass is 10.4. The third-order valence-corrected chi connectivity index (χ3v) is 4.60. The van der Waals surface area contributed by atoms with Gasteiger partial charge in [-0.3, -0.25) is 0 Å². The van der Waals surface area contributed by atoms with Crippen molar-refractivity contribution in [3.05, 3.63) is 0 Å². The van der Waals surface area contributed by atoms with Gasteiger partial charge in [0.15, 0.2) is 0 Å². The van der Waals surface area contributed by atoms with Gasteiger partial charge in [0.05, 0.1) is 13.2 Å². The summed E-state index contributed by atoms with van der Waals surface area (Å²) in [6.45, 7) is 11.2. The smallest absolute Gasteiger partial charge is 0.379 e. The van der Waals surface area contributed by atoms with Crippen LogP contribution in [0.4, 0.5) is 0 Å². The number of hydrogen-bond donors (Lipinski definition) is 0. The highest BCUT2D eigenvalue weighted by atomic mass is 28.4. The van der Waals surface area contributed by atoms with Crippen LogP contribution in [-0.4, -0.2) is 48.7 Å². The van der Waals surface area contributed by atoms with Crippen molar-refractivity contribution in [3.63, 3.8) is 0 Å². The number of ether oxygens (including phenoxy) is 1. The van der Waals surface area contributed by atoms with E-state index in [9.17, 15) is 0 Å². The minimum atomic E-state index is -2.94. The van der Waals surface area contributed by atoms with Crippen molar-refractivity contribution < 1.29 is 22.4 Å². The lowest BCUT2D eigenvalue weighted by Gasteiger charge is -2.26. The van der Waals surface area contributed by atoms with E-state index in [2.05, 4.69) is 6.92 Å². The van der Waals surface area contributed by atoms with Gasteiger partial charge in [-0.05, 0) is 27.2 Å². The normalized spacial score (nSPS) is 12.0. The van der Waals surface area contributed by atoms with E-state index in [1.54, 1.807) is 0 Å².